The largest absolute Gasteiger partial charge is 0.449 e. The maximum absolute atomic E-state index is 5.03. The Bertz CT molecular complexity index is 62.2. The zero-order chi connectivity index (χ0) is 11.1. The van der Waals surface area contributed by atoms with E-state index in [9.17, 15) is 0 Å². The molecule has 14 heteroatoms. The van der Waals surface area contributed by atoms with Crippen LogP contribution >= 0.6 is 0 Å². The highest BCUT2D eigenvalue weighted by Gasteiger charge is 1.80. The molecule has 0 aromatic rings. The highest BCUT2D eigenvalue weighted by Crippen LogP contribution is 1.64. The second-order valence-electron chi connectivity index (χ2n) is 2.03. The van der Waals surface area contributed by atoms with Gasteiger partial charge in [-0.2, -0.15) is 0 Å². The maximum Gasteiger partial charge on any atom is 0.284 e. The average molecular weight is 341 g/mol. The van der Waals surface area contributed by atoms with Crippen molar-refractivity contribution in [1.29, 1.82) is 0 Å². The summed E-state index contributed by atoms with van der Waals surface area (Å²) in [4.78, 5) is 0. The van der Waals surface area contributed by atoms with Crippen LogP contribution in [0.5, 0.6) is 0 Å². The van der Waals surface area contributed by atoms with Crippen molar-refractivity contribution in [2.75, 3.05) is 0 Å². The van der Waals surface area contributed by atoms with Gasteiger partial charge in [-0.15, -0.1) is 0 Å². The minimum Gasteiger partial charge on any atom is -0.449 e. The molecule has 88 valence electrons. The van der Waals surface area contributed by atoms with Gasteiger partial charge in [-0.3, -0.25) is 0 Å². The Morgan fingerprint density at radius 2 is 0.714 bits per heavy atom. The lowest BCUT2D eigenvalue weighted by Crippen LogP contribution is -2.08. The van der Waals surface area contributed by atoms with Gasteiger partial charge in [0.15, 0.2) is 0 Å². The molecule has 0 saturated carbocycles. The molecule has 0 aromatic carbocycles. The minimum absolute atomic E-state index is 0.569. The quantitative estimate of drug-likeness (QED) is 0.323. The summed E-state index contributed by atoms with van der Waals surface area (Å²) >= 11 is 0. The third kappa shape index (κ3) is 23.4. The number of rotatable bonds is 8. The van der Waals surface area contributed by atoms with Crippen LogP contribution in [0.1, 0.15) is 0 Å². The van der Waals surface area contributed by atoms with E-state index in [1.165, 1.54) is 0 Å². The molecule has 0 aliphatic rings. The van der Waals surface area contributed by atoms with E-state index in [0.717, 1.165) is 41.9 Å². The molecule has 0 saturated heterocycles. The van der Waals surface area contributed by atoms with E-state index in [-0.39, 0.29) is 0 Å². The Morgan fingerprint density at radius 3 is 0.857 bits per heavy atom. The van der Waals surface area contributed by atoms with Gasteiger partial charge in [0.2, 0.25) is 0 Å². The van der Waals surface area contributed by atoms with Crippen molar-refractivity contribution >= 4 is 82.0 Å². The molecule has 0 aliphatic carbocycles. The monoisotopic (exact) mass is 340 g/mol. The van der Waals surface area contributed by atoms with Gasteiger partial charge in [-0.1, -0.05) is 0 Å². The normalized spacial score (nSPS) is 13.7. The predicted molar refractivity (Wildman–Crippen MR) is 80.4 cm³/mol. The van der Waals surface area contributed by atoms with Crippen molar-refractivity contribution < 1.29 is 24.7 Å². The molecule has 0 unspecified atom stereocenters. The molecule has 0 atom stereocenters. The highest BCUT2D eigenvalue weighted by atomic mass is 28.4. The average Bonchev–Trinajstić information content (AvgIpc) is 2.21. The van der Waals surface area contributed by atoms with Gasteiger partial charge in [0.05, 0.1) is 0 Å². The lowest BCUT2D eigenvalue weighted by molar-refractivity contribution is 0.442. The molecule has 0 aliphatic heterocycles. The predicted octanol–water partition coefficient (Wildman–Crippen LogP) is -8.81. The van der Waals surface area contributed by atoms with Gasteiger partial charge in [0.1, 0.15) is 41.9 Å². The van der Waals surface area contributed by atoms with E-state index in [2.05, 4.69) is 0 Å². The minimum atomic E-state index is -0.569. The number of hydrogen-bond acceptors (Lipinski definition) is 6. The van der Waals surface area contributed by atoms with Crippen molar-refractivity contribution in [3.8, 4) is 0 Å². The van der Waals surface area contributed by atoms with E-state index in [4.69, 9.17) is 24.7 Å². The maximum atomic E-state index is 5.03. The topological polar surface area (TPSA) is 55.4 Å². The third-order valence-corrected chi connectivity index (χ3v) is 7.24. The summed E-state index contributed by atoms with van der Waals surface area (Å²) in [5, 5.41) is 0. The van der Waals surface area contributed by atoms with Crippen molar-refractivity contribution in [1.82, 2.24) is 0 Å². The summed E-state index contributed by atoms with van der Waals surface area (Å²) in [6, 6.07) is 0. The SMILES string of the molecule is [SiH3]O[SiH2]O[SiH2]O[SiH3].[SiH3]O[SiH2]O[SiH2]O[SiH3]. The second kappa shape index (κ2) is 20.0. The van der Waals surface area contributed by atoms with Crippen LogP contribution in [0, 0.1) is 0 Å². The Hall–Kier alpha value is 1.50. The molecule has 0 amide bonds. The molecule has 0 aromatic heterocycles. The van der Waals surface area contributed by atoms with Crippen LogP contribution in [0.25, 0.3) is 0 Å². The third-order valence-electron chi connectivity index (χ3n) is 0.805. The van der Waals surface area contributed by atoms with Crippen molar-refractivity contribution in [3.05, 3.63) is 0 Å². The van der Waals surface area contributed by atoms with Crippen LogP contribution in [0.2, 0.25) is 0 Å². The molecular weight excluding hydrogens is 321 g/mol. The van der Waals surface area contributed by atoms with Gasteiger partial charge < -0.3 is 24.7 Å². The Morgan fingerprint density at radius 1 is 0.500 bits per heavy atom. The molecule has 0 N–H and O–H groups in total. The van der Waals surface area contributed by atoms with Crippen LogP contribution in [0.3, 0.4) is 0 Å². The van der Waals surface area contributed by atoms with Crippen molar-refractivity contribution in [2.24, 2.45) is 0 Å². The van der Waals surface area contributed by atoms with Crippen LogP contribution in [0.4, 0.5) is 0 Å². The molecule has 0 spiro atoms. The number of hydrogen-bond donors (Lipinski definition) is 0. The van der Waals surface area contributed by atoms with E-state index >= 15 is 0 Å². The van der Waals surface area contributed by atoms with Crippen LogP contribution in [0.15, 0.2) is 0 Å². The Balaban J connectivity index is 0. The zero-order valence-corrected chi connectivity index (χ0v) is 22.9. The summed E-state index contributed by atoms with van der Waals surface area (Å²) in [6.07, 6.45) is 0. The fourth-order valence-corrected chi connectivity index (χ4v) is 9.61. The summed E-state index contributed by atoms with van der Waals surface area (Å²) in [7, 11) is 1.01. The van der Waals surface area contributed by atoms with Crippen LogP contribution in [-0.2, 0) is 24.7 Å². The molecule has 6 nitrogen and oxygen atoms in total. The fraction of sp³-hybridized carbons (Fsp3) is 0. The van der Waals surface area contributed by atoms with E-state index in [1.807, 2.05) is 0 Å². The summed E-state index contributed by atoms with van der Waals surface area (Å²) < 4.78 is 29.5. The second-order valence-corrected chi connectivity index (χ2v) is 15.5. The van der Waals surface area contributed by atoms with E-state index in [0.29, 0.717) is 0 Å². The van der Waals surface area contributed by atoms with Gasteiger partial charge in [-0.25, -0.2) is 0 Å². The van der Waals surface area contributed by atoms with Crippen LogP contribution in [-0.4, -0.2) is 82.0 Å². The lowest BCUT2D eigenvalue weighted by Gasteiger charge is -1.97. The van der Waals surface area contributed by atoms with Gasteiger partial charge in [0.25, 0.3) is 40.0 Å². The first kappa shape index (κ1) is 17.9. The molecule has 0 bridgehead atoms. The molecule has 0 radical (unpaired) electrons. The Kier molecular flexibility index (Phi) is 25.5. The lowest BCUT2D eigenvalue weighted by atomic mass is 15.7. The fourth-order valence-electron chi connectivity index (χ4n) is 0.401. The molecule has 0 heterocycles. The molecular formula is H20O6Si8. The van der Waals surface area contributed by atoms with E-state index in [1.54, 1.807) is 0 Å². The van der Waals surface area contributed by atoms with E-state index < -0.39 is 40.0 Å². The van der Waals surface area contributed by atoms with Crippen molar-refractivity contribution in [3.63, 3.8) is 0 Å². The van der Waals surface area contributed by atoms with Gasteiger partial charge in [0, 0.05) is 0 Å². The van der Waals surface area contributed by atoms with Crippen LogP contribution < -0.4 is 0 Å². The Labute approximate surface area is 107 Å². The molecule has 0 rings (SSSR count). The smallest absolute Gasteiger partial charge is 0.284 e. The first-order chi connectivity index (χ1) is 6.83. The summed E-state index contributed by atoms with van der Waals surface area (Å²) in [5.41, 5.74) is 0. The van der Waals surface area contributed by atoms with Gasteiger partial charge in [-0.05, 0) is 0 Å². The van der Waals surface area contributed by atoms with Crippen molar-refractivity contribution in [2.45, 2.75) is 0 Å². The summed E-state index contributed by atoms with van der Waals surface area (Å²) in [5.74, 6) is 0. The highest BCUT2D eigenvalue weighted by molar-refractivity contribution is 6.41. The van der Waals surface area contributed by atoms with Gasteiger partial charge >= 0.3 is 0 Å². The summed E-state index contributed by atoms with van der Waals surface area (Å²) in [6.45, 7) is 0. The first-order valence-corrected chi connectivity index (χ1v) is 11.8. The first-order valence-electron chi connectivity index (χ1n) is 3.94. The standard InChI is InChI=1S/2H10O3Si4/c2*4-1-6-3-7-2-5/h2*6-7H2,4-5H3. The molecule has 0 fully saturated rings. The zero-order valence-electron chi connectivity index (χ0n) is 9.28. The molecule has 14 heavy (non-hydrogen) atoms.